The van der Waals surface area contributed by atoms with Gasteiger partial charge in [-0.1, -0.05) is 18.3 Å². The summed E-state index contributed by atoms with van der Waals surface area (Å²) in [7, 11) is 0. The smallest absolute Gasteiger partial charge is 0.224 e. The zero-order valence-electron chi connectivity index (χ0n) is 9.20. The van der Waals surface area contributed by atoms with Gasteiger partial charge in [-0.15, -0.1) is 0 Å². The van der Waals surface area contributed by atoms with Crippen LogP contribution in [-0.2, 0) is 4.79 Å². The molecule has 5 heteroatoms. The third kappa shape index (κ3) is 1.99. The highest BCUT2D eigenvalue weighted by molar-refractivity contribution is 7.22. The fraction of sp³-hybridized carbons (Fsp3) is 0.273. The number of hydrogen-bond acceptors (Lipinski definition) is 4. The molecule has 0 radical (unpaired) electrons. The third-order valence-electron chi connectivity index (χ3n) is 2.31. The summed E-state index contributed by atoms with van der Waals surface area (Å²) in [4.78, 5) is 15.5. The first kappa shape index (κ1) is 10.9. The monoisotopic (exact) mass is 235 g/mol. The maximum atomic E-state index is 11.3. The molecular formula is C11H13N3OS. The molecule has 0 aliphatic rings. The van der Waals surface area contributed by atoms with Crippen molar-refractivity contribution in [3.8, 4) is 0 Å². The van der Waals surface area contributed by atoms with Crippen molar-refractivity contribution in [3.05, 3.63) is 17.7 Å². The summed E-state index contributed by atoms with van der Waals surface area (Å²) in [6, 6.07) is 3.82. The van der Waals surface area contributed by atoms with E-state index < -0.39 is 0 Å². The second kappa shape index (κ2) is 4.09. The minimum Gasteiger partial charge on any atom is -0.375 e. The molecule has 0 atom stereocenters. The van der Waals surface area contributed by atoms with Crippen LogP contribution in [0.2, 0.25) is 0 Å². The molecule has 0 fully saturated rings. The molecule has 3 N–H and O–H groups in total. The molecule has 0 aliphatic heterocycles. The SMILES string of the molecule is CCC(=O)Nc1cc(C)c2nc(N)sc2c1. The molecule has 0 bridgehead atoms. The zero-order valence-corrected chi connectivity index (χ0v) is 10.0. The Morgan fingerprint density at radius 3 is 3.00 bits per heavy atom. The van der Waals surface area contributed by atoms with E-state index in [-0.39, 0.29) is 5.91 Å². The highest BCUT2D eigenvalue weighted by Gasteiger charge is 2.07. The topological polar surface area (TPSA) is 68.0 Å². The lowest BCUT2D eigenvalue weighted by Crippen LogP contribution is -2.09. The van der Waals surface area contributed by atoms with Crippen LogP contribution in [0.15, 0.2) is 12.1 Å². The number of nitrogen functional groups attached to an aromatic ring is 1. The van der Waals surface area contributed by atoms with E-state index in [4.69, 9.17) is 5.73 Å². The Balaban J connectivity index is 2.45. The van der Waals surface area contributed by atoms with Crippen molar-refractivity contribution in [1.29, 1.82) is 0 Å². The average Bonchev–Trinajstić information content (AvgIpc) is 2.59. The van der Waals surface area contributed by atoms with E-state index in [0.29, 0.717) is 11.6 Å². The number of thiazole rings is 1. The van der Waals surface area contributed by atoms with Crippen LogP contribution in [0.1, 0.15) is 18.9 Å². The van der Waals surface area contributed by atoms with Crippen LogP contribution >= 0.6 is 11.3 Å². The van der Waals surface area contributed by atoms with Crippen molar-refractivity contribution in [2.45, 2.75) is 20.3 Å². The van der Waals surface area contributed by atoms with Crippen LogP contribution < -0.4 is 11.1 Å². The van der Waals surface area contributed by atoms with Crippen molar-refractivity contribution in [3.63, 3.8) is 0 Å². The fourth-order valence-electron chi connectivity index (χ4n) is 1.54. The molecule has 2 rings (SSSR count). The minimum absolute atomic E-state index is 0.0104. The summed E-state index contributed by atoms with van der Waals surface area (Å²) in [6.45, 7) is 3.79. The van der Waals surface area contributed by atoms with E-state index in [0.717, 1.165) is 21.5 Å². The number of amides is 1. The summed E-state index contributed by atoms with van der Waals surface area (Å²) >= 11 is 1.43. The number of aryl methyl sites for hydroxylation is 1. The van der Waals surface area contributed by atoms with Crippen molar-refractivity contribution >= 4 is 38.3 Å². The van der Waals surface area contributed by atoms with Crippen LogP contribution in [0.5, 0.6) is 0 Å². The summed E-state index contributed by atoms with van der Waals surface area (Å²) in [6.07, 6.45) is 0.474. The molecule has 0 unspecified atom stereocenters. The summed E-state index contributed by atoms with van der Waals surface area (Å²) in [5.74, 6) is 0.0104. The van der Waals surface area contributed by atoms with Gasteiger partial charge in [-0.3, -0.25) is 4.79 Å². The number of nitrogens with zero attached hydrogens (tertiary/aromatic N) is 1. The number of carbonyl (C=O) groups is 1. The lowest BCUT2D eigenvalue weighted by molar-refractivity contribution is -0.115. The van der Waals surface area contributed by atoms with Crippen molar-refractivity contribution in [2.75, 3.05) is 11.1 Å². The van der Waals surface area contributed by atoms with E-state index >= 15 is 0 Å². The highest BCUT2D eigenvalue weighted by Crippen LogP contribution is 2.29. The van der Waals surface area contributed by atoms with Gasteiger partial charge in [0, 0.05) is 12.1 Å². The molecule has 0 aliphatic carbocycles. The first-order valence-electron chi connectivity index (χ1n) is 5.06. The molecule has 0 spiro atoms. The Labute approximate surface area is 97.5 Å². The number of rotatable bonds is 2. The highest BCUT2D eigenvalue weighted by atomic mass is 32.1. The molecule has 1 aromatic carbocycles. The second-order valence-corrected chi connectivity index (χ2v) is 4.66. The van der Waals surface area contributed by atoms with Crippen molar-refractivity contribution < 1.29 is 4.79 Å². The Hall–Kier alpha value is -1.62. The molecular weight excluding hydrogens is 222 g/mol. The standard InChI is InChI=1S/C11H13N3OS/c1-3-9(15)13-7-4-6(2)10-8(5-7)16-11(12)14-10/h4-5H,3H2,1-2H3,(H2,12,14)(H,13,15). The van der Waals surface area contributed by atoms with Crippen molar-refractivity contribution in [2.24, 2.45) is 0 Å². The van der Waals surface area contributed by atoms with Crippen LogP contribution in [-0.4, -0.2) is 10.9 Å². The van der Waals surface area contributed by atoms with Crippen LogP contribution in [0.3, 0.4) is 0 Å². The maximum Gasteiger partial charge on any atom is 0.224 e. The Morgan fingerprint density at radius 1 is 1.56 bits per heavy atom. The number of aromatic nitrogens is 1. The van der Waals surface area contributed by atoms with Crippen molar-refractivity contribution in [1.82, 2.24) is 4.98 Å². The van der Waals surface area contributed by atoms with E-state index in [1.54, 1.807) is 0 Å². The summed E-state index contributed by atoms with van der Waals surface area (Å²) < 4.78 is 1.00. The number of anilines is 2. The van der Waals surface area contributed by atoms with Gasteiger partial charge in [0.2, 0.25) is 5.91 Å². The molecule has 16 heavy (non-hydrogen) atoms. The predicted octanol–water partition coefficient (Wildman–Crippen LogP) is 2.54. The van der Waals surface area contributed by atoms with Gasteiger partial charge < -0.3 is 11.1 Å². The van der Waals surface area contributed by atoms with Crippen LogP contribution in [0.25, 0.3) is 10.2 Å². The van der Waals surface area contributed by atoms with Gasteiger partial charge >= 0.3 is 0 Å². The molecule has 0 saturated heterocycles. The van der Waals surface area contributed by atoms with E-state index in [9.17, 15) is 4.79 Å². The van der Waals surface area contributed by atoms with Gasteiger partial charge in [-0.25, -0.2) is 4.98 Å². The van der Waals surface area contributed by atoms with Gasteiger partial charge in [0.15, 0.2) is 5.13 Å². The Bertz CT molecular complexity index is 547. The van der Waals surface area contributed by atoms with Gasteiger partial charge in [0.05, 0.1) is 10.2 Å². The predicted molar refractivity (Wildman–Crippen MR) is 67.7 cm³/mol. The first-order chi connectivity index (χ1) is 7.60. The normalized spacial score (nSPS) is 10.6. The minimum atomic E-state index is 0.0104. The lowest BCUT2D eigenvalue weighted by Gasteiger charge is -2.04. The Morgan fingerprint density at radius 2 is 2.31 bits per heavy atom. The first-order valence-corrected chi connectivity index (χ1v) is 5.88. The average molecular weight is 235 g/mol. The molecule has 0 saturated carbocycles. The largest absolute Gasteiger partial charge is 0.375 e. The van der Waals surface area contributed by atoms with Gasteiger partial charge in [0.1, 0.15) is 0 Å². The third-order valence-corrected chi connectivity index (χ3v) is 3.14. The summed E-state index contributed by atoms with van der Waals surface area (Å²) in [5, 5.41) is 3.39. The summed E-state index contributed by atoms with van der Waals surface area (Å²) in [5.41, 5.74) is 8.40. The van der Waals surface area contributed by atoms with Crippen LogP contribution in [0, 0.1) is 6.92 Å². The zero-order chi connectivity index (χ0) is 11.7. The number of fused-ring (bicyclic) bond motifs is 1. The molecule has 4 nitrogen and oxygen atoms in total. The number of benzene rings is 1. The molecule has 2 aromatic rings. The molecule has 1 amide bonds. The van der Waals surface area contributed by atoms with E-state index in [1.165, 1.54) is 11.3 Å². The van der Waals surface area contributed by atoms with Gasteiger partial charge in [0.25, 0.3) is 0 Å². The molecule has 1 aromatic heterocycles. The second-order valence-electron chi connectivity index (χ2n) is 3.59. The Kier molecular flexibility index (Phi) is 2.78. The number of nitrogens with one attached hydrogen (secondary N) is 1. The lowest BCUT2D eigenvalue weighted by atomic mass is 10.2. The van der Waals surface area contributed by atoms with Gasteiger partial charge in [-0.05, 0) is 24.6 Å². The number of hydrogen-bond donors (Lipinski definition) is 2. The quantitative estimate of drug-likeness (QED) is 0.840. The fourth-order valence-corrected chi connectivity index (χ4v) is 2.39. The number of nitrogens with two attached hydrogens (primary N) is 1. The van der Waals surface area contributed by atoms with Crippen LogP contribution in [0.4, 0.5) is 10.8 Å². The van der Waals surface area contributed by atoms with E-state index in [1.807, 2.05) is 26.0 Å². The molecule has 1 heterocycles. The molecule has 84 valence electrons. The maximum absolute atomic E-state index is 11.3. The number of carbonyl (C=O) groups excluding carboxylic acids is 1. The van der Waals surface area contributed by atoms with E-state index in [2.05, 4.69) is 10.3 Å². The van der Waals surface area contributed by atoms with Gasteiger partial charge in [-0.2, -0.15) is 0 Å².